The number of piperazine rings is 1. The van der Waals surface area contributed by atoms with E-state index in [1.165, 1.54) is 6.07 Å². The molecule has 1 aromatic carbocycles. The zero-order valence-electron chi connectivity index (χ0n) is 16.1. The molecule has 154 valence electrons. The van der Waals surface area contributed by atoms with Crippen LogP contribution < -0.4 is 5.32 Å². The first-order valence-corrected chi connectivity index (χ1v) is 9.17. The summed E-state index contributed by atoms with van der Waals surface area (Å²) >= 11 is 0. The van der Waals surface area contributed by atoms with Gasteiger partial charge in [-0.25, -0.2) is 13.8 Å². The molecule has 0 spiro atoms. The molecule has 0 saturated carbocycles. The van der Waals surface area contributed by atoms with Crippen molar-refractivity contribution in [1.82, 2.24) is 20.3 Å². The van der Waals surface area contributed by atoms with Crippen LogP contribution in [0.1, 0.15) is 23.9 Å². The zero-order chi connectivity index (χ0) is 19.2. The molecule has 0 amide bonds. The number of halogens is 3. The fourth-order valence-corrected chi connectivity index (χ4v) is 3.09. The highest BCUT2D eigenvalue weighted by atomic mass is 127. The third-order valence-electron chi connectivity index (χ3n) is 4.48. The number of hydrogen-bond donors (Lipinski definition) is 1. The molecule has 6 nitrogen and oxygen atoms in total. The third kappa shape index (κ3) is 6.13. The Balaban J connectivity index is 0.00000280. The summed E-state index contributed by atoms with van der Waals surface area (Å²) < 4.78 is 32.3. The minimum Gasteiger partial charge on any atom is -0.361 e. The predicted octanol–water partition coefficient (Wildman–Crippen LogP) is 3.16. The van der Waals surface area contributed by atoms with E-state index in [1.807, 2.05) is 19.9 Å². The fraction of sp³-hybridized carbons (Fsp3) is 0.474. The Labute approximate surface area is 181 Å². The van der Waals surface area contributed by atoms with Crippen LogP contribution in [0.4, 0.5) is 8.78 Å². The Kier molecular flexibility index (Phi) is 8.61. The number of hydrogen-bond acceptors (Lipinski definition) is 4. The fourth-order valence-electron chi connectivity index (χ4n) is 3.09. The van der Waals surface area contributed by atoms with Gasteiger partial charge in [-0.05, 0) is 32.0 Å². The molecule has 2 heterocycles. The van der Waals surface area contributed by atoms with Crippen LogP contribution in [0.5, 0.6) is 0 Å². The van der Waals surface area contributed by atoms with Gasteiger partial charge in [-0.15, -0.1) is 24.0 Å². The lowest BCUT2D eigenvalue weighted by Gasteiger charge is -2.36. The molecule has 1 N–H and O–H groups in total. The maximum atomic E-state index is 13.8. The van der Waals surface area contributed by atoms with Gasteiger partial charge < -0.3 is 14.7 Å². The van der Waals surface area contributed by atoms with Gasteiger partial charge in [-0.1, -0.05) is 5.16 Å². The highest BCUT2D eigenvalue weighted by Gasteiger charge is 2.20. The van der Waals surface area contributed by atoms with Crippen LogP contribution >= 0.6 is 24.0 Å². The van der Waals surface area contributed by atoms with Crippen molar-refractivity contribution in [2.45, 2.75) is 26.9 Å². The monoisotopic (exact) mass is 505 g/mol. The number of aromatic nitrogens is 1. The van der Waals surface area contributed by atoms with Crippen molar-refractivity contribution in [2.24, 2.45) is 4.99 Å². The first-order chi connectivity index (χ1) is 13.0. The van der Waals surface area contributed by atoms with Gasteiger partial charge in [0, 0.05) is 50.9 Å². The molecule has 0 atom stereocenters. The minimum atomic E-state index is -0.455. The lowest BCUT2D eigenvalue weighted by Crippen LogP contribution is -2.52. The summed E-state index contributed by atoms with van der Waals surface area (Å²) in [6.45, 7) is 8.77. The van der Waals surface area contributed by atoms with Gasteiger partial charge in [0.05, 0.1) is 12.2 Å². The van der Waals surface area contributed by atoms with E-state index >= 15 is 0 Å². The van der Waals surface area contributed by atoms with E-state index in [9.17, 15) is 8.78 Å². The number of benzene rings is 1. The Morgan fingerprint density at radius 2 is 1.96 bits per heavy atom. The molecule has 1 aliphatic heterocycles. The second kappa shape index (κ2) is 10.7. The van der Waals surface area contributed by atoms with Crippen molar-refractivity contribution in [2.75, 3.05) is 32.7 Å². The maximum Gasteiger partial charge on any atom is 0.194 e. The number of rotatable bonds is 5. The van der Waals surface area contributed by atoms with Gasteiger partial charge in [0.15, 0.2) is 5.96 Å². The predicted molar refractivity (Wildman–Crippen MR) is 115 cm³/mol. The van der Waals surface area contributed by atoms with E-state index in [0.29, 0.717) is 6.54 Å². The van der Waals surface area contributed by atoms with Crippen molar-refractivity contribution in [1.29, 1.82) is 0 Å². The number of nitrogens with zero attached hydrogens (tertiary/aromatic N) is 4. The summed E-state index contributed by atoms with van der Waals surface area (Å²) in [5, 5.41) is 7.28. The molecule has 0 radical (unpaired) electrons. The van der Waals surface area contributed by atoms with E-state index in [2.05, 4.69) is 25.3 Å². The summed E-state index contributed by atoms with van der Waals surface area (Å²) in [5.41, 5.74) is 1.19. The SMILES string of the molecule is CCNC(=NCc1cc(F)ccc1F)N1CCN(Cc2cc(C)on2)CC1.I. The standard InChI is InChI=1S/C19H25F2N5O.HI/c1-3-22-19(23-12-15-11-16(20)4-5-18(15)21)26-8-6-25(7-9-26)13-17-10-14(2)27-24-17;/h4-5,10-11H,3,6-9,12-13H2,1-2H3,(H,22,23);1H. The van der Waals surface area contributed by atoms with Gasteiger partial charge >= 0.3 is 0 Å². The van der Waals surface area contributed by atoms with Crippen LogP contribution in [0.2, 0.25) is 0 Å². The molecule has 0 bridgehead atoms. The van der Waals surface area contributed by atoms with Crippen LogP contribution in [0.3, 0.4) is 0 Å². The quantitative estimate of drug-likeness (QED) is 0.385. The zero-order valence-corrected chi connectivity index (χ0v) is 18.5. The maximum absolute atomic E-state index is 13.8. The van der Waals surface area contributed by atoms with Gasteiger partial charge in [-0.3, -0.25) is 4.90 Å². The average molecular weight is 505 g/mol. The number of guanidine groups is 1. The van der Waals surface area contributed by atoms with Crippen molar-refractivity contribution in [3.05, 3.63) is 52.9 Å². The smallest absolute Gasteiger partial charge is 0.194 e. The van der Waals surface area contributed by atoms with Crippen LogP contribution in [0.15, 0.2) is 33.8 Å². The Morgan fingerprint density at radius 3 is 2.61 bits per heavy atom. The molecule has 9 heteroatoms. The molecular weight excluding hydrogens is 479 g/mol. The Morgan fingerprint density at radius 1 is 1.21 bits per heavy atom. The third-order valence-corrected chi connectivity index (χ3v) is 4.48. The van der Waals surface area contributed by atoms with Crippen molar-refractivity contribution in [3.8, 4) is 0 Å². The van der Waals surface area contributed by atoms with Crippen molar-refractivity contribution >= 4 is 29.9 Å². The summed E-state index contributed by atoms with van der Waals surface area (Å²) in [5.74, 6) is 0.639. The molecule has 28 heavy (non-hydrogen) atoms. The largest absolute Gasteiger partial charge is 0.361 e. The highest BCUT2D eigenvalue weighted by Crippen LogP contribution is 2.12. The van der Waals surface area contributed by atoms with Gasteiger partial charge in [0.1, 0.15) is 17.4 Å². The highest BCUT2D eigenvalue weighted by molar-refractivity contribution is 14.0. The first-order valence-electron chi connectivity index (χ1n) is 9.17. The molecule has 0 unspecified atom stereocenters. The lowest BCUT2D eigenvalue weighted by molar-refractivity contribution is 0.169. The molecular formula is C19H26F2IN5O. The first kappa shape index (κ1) is 22.5. The molecule has 2 aromatic rings. The van der Waals surface area contributed by atoms with Crippen LogP contribution in [-0.4, -0.2) is 53.6 Å². The van der Waals surface area contributed by atoms with E-state index < -0.39 is 11.6 Å². The molecule has 1 fully saturated rings. The number of aliphatic imine (C=N–C) groups is 1. The Bertz CT molecular complexity index is 790. The minimum absolute atomic E-state index is 0. The topological polar surface area (TPSA) is 56.9 Å². The van der Waals surface area contributed by atoms with Crippen molar-refractivity contribution < 1.29 is 13.3 Å². The molecule has 0 aliphatic carbocycles. The lowest BCUT2D eigenvalue weighted by atomic mass is 10.2. The number of nitrogens with one attached hydrogen (secondary N) is 1. The van der Waals surface area contributed by atoms with Crippen molar-refractivity contribution in [3.63, 3.8) is 0 Å². The second-order valence-corrected chi connectivity index (χ2v) is 6.60. The van der Waals surface area contributed by atoms with E-state index in [0.717, 1.165) is 62.3 Å². The van der Waals surface area contributed by atoms with E-state index in [-0.39, 0.29) is 36.1 Å². The summed E-state index contributed by atoms with van der Waals surface area (Å²) in [6.07, 6.45) is 0. The average Bonchev–Trinajstić information content (AvgIpc) is 3.07. The molecule has 1 aromatic heterocycles. The molecule has 3 rings (SSSR count). The van der Waals surface area contributed by atoms with Gasteiger partial charge in [0.25, 0.3) is 0 Å². The summed E-state index contributed by atoms with van der Waals surface area (Å²) in [4.78, 5) is 8.95. The van der Waals surface area contributed by atoms with Gasteiger partial charge in [-0.2, -0.15) is 0 Å². The number of aryl methyl sites for hydroxylation is 1. The Hall–Kier alpha value is -1.75. The summed E-state index contributed by atoms with van der Waals surface area (Å²) in [7, 11) is 0. The van der Waals surface area contributed by atoms with Crippen LogP contribution in [0, 0.1) is 18.6 Å². The van der Waals surface area contributed by atoms with Gasteiger partial charge in [0.2, 0.25) is 0 Å². The normalized spacial score (nSPS) is 15.4. The molecule has 1 aliphatic rings. The second-order valence-electron chi connectivity index (χ2n) is 6.60. The van der Waals surface area contributed by atoms with Crippen LogP contribution in [-0.2, 0) is 13.1 Å². The summed E-state index contributed by atoms with van der Waals surface area (Å²) in [6, 6.07) is 5.40. The van der Waals surface area contributed by atoms with E-state index in [4.69, 9.17) is 4.52 Å². The van der Waals surface area contributed by atoms with Crippen LogP contribution in [0.25, 0.3) is 0 Å². The molecule has 1 saturated heterocycles. The van der Waals surface area contributed by atoms with E-state index in [1.54, 1.807) is 0 Å².